The van der Waals surface area contributed by atoms with Crippen LogP contribution in [0.25, 0.3) is 10.8 Å². The maximum Gasteiger partial charge on any atom is 0.290 e. The van der Waals surface area contributed by atoms with E-state index in [0.717, 1.165) is 23.9 Å². The van der Waals surface area contributed by atoms with Crippen LogP contribution in [0.4, 0.5) is 0 Å². The lowest BCUT2D eigenvalue weighted by molar-refractivity contribution is 0.473. The quantitative estimate of drug-likeness (QED) is 0.885. The molecule has 2 aromatic rings. The van der Waals surface area contributed by atoms with Gasteiger partial charge >= 0.3 is 0 Å². The van der Waals surface area contributed by atoms with Gasteiger partial charge in [0.1, 0.15) is 0 Å². The molecule has 0 radical (unpaired) electrons. The number of aromatic nitrogens is 1. The Balaban J connectivity index is 0.00000128. The molecule has 0 saturated carbocycles. The molecule has 0 aliphatic heterocycles. The molecule has 17 heavy (non-hydrogen) atoms. The maximum atomic E-state index is 11.4. The number of aryl methyl sites for hydroxylation is 1. The topological polar surface area (TPSA) is 53.1 Å². The maximum absolute atomic E-state index is 11.4. The summed E-state index contributed by atoms with van der Waals surface area (Å²) in [5, 5.41) is 11.2. The molecular formula is C12H15Cl2NO2. The number of aromatic amines is 1. The highest BCUT2D eigenvalue weighted by Crippen LogP contribution is 2.22. The lowest BCUT2D eigenvalue weighted by atomic mass is 10.1. The minimum atomic E-state index is -0.405. The van der Waals surface area contributed by atoms with E-state index in [-0.39, 0.29) is 30.6 Å². The van der Waals surface area contributed by atoms with Gasteiger partial charge in [-0.3, -0.25) is 4.79 Å². The van der Waals surface area contributed by atoms with Crippen LogP contribution in [0.3, 0.4) is 0 Å². The van der Waals surface area contributed by atoms with Crippen molar-refractivity contribution in [2.24, 2.45) is 0 Å². The summed E-state index contributed by atoms with van der Waals surface area (Å²) < 4.78 is 0. The van der Waals surface area contributed by atoms with Gasteiger partial charge in [-0.1, -0.05) is 37.6 Å². The number of nitrogens with one attached hydrogen (secondary N) is 1. The first-order valence-electron chi connectivity index (χ1n) is 5.07. The number of benzene rings is 1. The molecule has 94 valence electrons. The van der Waals surface area contributed by atoms with Crippen molar-refractivity contribution >= 4 is 35.6 Å². The summed E-state index contributed by atoms with van der Waals surface area (Å²) in [7, 11) is 0. The van der Waals surface area contributed by atoms with Crippen molar-refractivity contribution in [2.75, 3.05) is 0 Å². The Morgan fingerprint density at radius 1 is 1.18 bits per heavy atom. The van der Waals surface area contributed by atoms with Crippen molar-refractivity contribution < 1.29 is 5.11 Å². The highest BCUT2D eigenvalue weighted by molar-refractivity contribution is 5.89. The molecule has 1 aromatic heterocycles. The Bertz CT molecular complexity index is 552. The normalized spacial score (nSPS) is 9.47. The van der Waals surface area contributed by atoms with Gasteiger partial charge in [-0.05, 0) is 6.42 Å². The molecule has 0 saturated heterocycles. The van der Waals surface area contributed by atoms with Crippen LogP contribution in [0.2, 0.25) is 0 Å². The Hall–Kier alpha value is -1.19. The molecule has 0 aliphatic carbocycles. The highest BCUT2D eigenvalue weighted by atomic mass is 35.5. The molecule has 0 bridgehead atoms. The first kappa shape index (κ1) is 15.8. The van der Waals surface area contributed by atoms with Crippen molar-refractivity contribution in [2.45, 2.75) is 19.8 Å². The fourth-order valence-corrected chi connectivity index (χ4v) is 1.79. The molecule has 2 rings (SSSR count). The Kier molecular flexibility index (Phi) is 6.07. The lowest BCUT2D eigenvalue weighted by Gasteiger charge is -2.06. The van der Waals surface area contributed by atoms with E-state index in [1.54, 1.807) is 6.07 Å². The van der Waals surface area contributed by atoms with Crippen LogP contribution < -0.4 is 5.56 Å². The standard InChI is InChI=1S/C12H13NO2.2ClH/c1-2-5-10-8-6-3-4-7-9(8)11(14)12(15)13-10;;/h3-4,6-7,14H,2,5H2,1H3,(H,13,15);2*1H. The summed E-state index contributed by atoms with van der Waals surface area (Å²) >= 11 is 0. The minimum absolute atomic E-state index is 0. The van der Waals surface area contributed by atoms with Gasteiger partial charge in [-0.25, -0.2) is 0 Å². The number of H-pyrrole nitrogens is 1. The third-order valence-corrected chi connectivity index (χ3v) is 2.49. The molecule has 5 heteroatoms. The fraction of sp³-hybridized carbons (Fsp3) is 0.250. The summed E-state index contributed by atoms with van der Waals surface area (Å²) in [6.07, 6.45) is 1.78. The van der Waals surface area contributed by atoms with Crippen LogP contribution in [0.1, 0.15) is 19.0 Å². The van der Waals surface area contributed by atoms with Gasteiger partial charge in [0.2, 0.25) is 0 Å². The van der Waals surface area contributed by atoms with E-state index in [9.17, 15) is 9.90 Å². The zero-order valence-corrected chi connectivity index (χ0v) is 11.0. The summed E-state index contributed by atoms with van der Waals surface area (Å²) in [5.41, 5.74) is 0.494. The average molecular weight is 276 g/mol. The predicted octanol–water partition coefficient (Wildman–Crippen LogP) is 3.03. The molecule has 0 spiro atoms. The SMILES string of the molecule is CCCc1[nH]c(=O)c(O)c2ccccc12.Cl.Cl. The van der Waals surface area contributed by atoms with Gasteiger partial charge in [0.15, 0.2) is 5.75 Å². The molecule has 1 heterocycles. The monoisotopic (exact) mass is 275 g/mol. The van der Waals surface area contributed by atoms with Crippen LogP contribution in [0.15, 0.2) is 29.1 Å². The summed E-state index contributed by atoms with van der Waals surface area (Å²) in [6, 6.07) is 7.39. The first-order valence-corrected chi connectivity index (χ1v) is 5.07. The van der Waals surface area contributed by atoms with Crippen LogP contribution in [-0.2, 0) is 6.42 Å². The lowest BCUT2D eigenvalue weighted by Crippen LogP contribution is -2.09. The molecule has 0 aliphatic rings. The molecule has 1 aromatic carbocycles. The van der Waals surface area contributed by atoms with E-state index in [2.05, 4.69) is 11.9 Å². The van der Waals surface area contributed by atoms with Gasteiger partial charge in [0, 0.05) is 16.5 Å². The molecule has 2 N–H and O–H groups in total. The Labute approximate surface area is 112 Å². The van der Waals surface area contributed by atoms with Crippen LogP contribution in [-0.4, -0.2) is 10.1 Å². The summed E-state index contributed by atoms with van der Waals surface area (Å²) in [4.78, 5) is 14.1. The number of halogens is 2. The number of aromatic hydroxyl groups is 1. The zero-order chi connectivity index (χ0) is 10.8. The summed E-state index contributed by atoms with van der Waals surface area (Å²) in [5.74, 6) is -0.189. The third-order valence-electron chi connectivity index (χ3n) is 2.49. The van der Waals surface area contributed by atoms with E-state index < -0.39 is 5.56 Å². The third kappa shape index (κ3) is 2.93. The molecular weight excluding hydrogens is 261 g/mol. The molecule has 0 amide bonds. The fourth-order valence-electron chi connectivity index (χ4n) is 1.79. The van der Waals surface area contributed by atoms with Gasteiger partial charge in [0.05, 0.1) is 0 Å². The molecule has 0 unspecified atom stereocenters. The van der Waals surface area contributed by atoms with Crippen molar-refractivity contribution in [1.29, 1.82) is 0 Å². The van der Waals surface area contributed by atoms with Crippen molar-refractivity contribution in [3.05, 3.63) is 40.3 Å². The van der Waals surface area contributed by atoms with E-state index in [4.69, 9.17) is 0 Å². The number of hydrogen-bond acceptors (Lipinski definition) is 2. The second-order valence-corrected chi connectivity index (χ2v) is 3.58. The predicted molar refractivity (Wildman–Crippen MR) is 74.7 cm³/mol. The first-order chi connectivity index (χ1) is 7.24. The second kappa shape index (κ2) is 6.52. The average Bonchev–Trinajstić information content (AvgIpc) is 2.26. The van der Waals surface area contributed by atoms with E-state index in [1.807, 2.05) is 18.2 Å². The van der Waals surface area contributed by atoms with Crippen LogP contribution >= 0.6 is 24.8 Å². The van der Waals surface area contributed by atoms with E-state index >= 15 is 0 Å². The van der Waals surface area contributed by atoms with Crippen LogP contribution in [0.5, 0.6) is 5.75 Å². The second-order valence-electron chi connectivity index (χ2n) is 3.58. The zero-order valence-electron chi connectivity index (χ0n) is 9.40. The molecule has 0 atom stereocenters. The molecule has 3 nitrogen and oxygen atoms in total. The smallest absolute Gasteiger partial charge is 0.290 e. The number of fused-ring (bicyclic) bond motifs is 1. The number of hydrogen-bond donors (Lipinski definition) is 2. The Morgan fingerprint density at radius 3 is 2.35 bits per heavy atom. The summed E-state index contributed by atoms with van der Waals surface area (Å²) in [6.45, 7) is 2.06. The van der Waals surface area contributed by atoms with Gasteiger partial charge in [-0.2, -0.15) is 0 Å². The molecule has 0 fully saturated rings. The van der Waals surface area contributed by atoms with Crippen molar-refractivity contribution in [3.8, 4) is 5.75 Å². The van der Waals surface area contributed by atoms with Gasteiger partial charge in [0.25, 0.3) is 5.56 Å². The van der Waals surface area contributed by atoms with E-state index in [0.29, 0.717) is 5.39 Å². The Morgan fingerprint density at radius 2 is 1.76 bits per heavy atom. The van der Waals surface area contributed by atoms with Gasteiger partial charge < -0.3 is 10.1 Å². The highest BCUT2D eigenvalue weighted by Gasteiger charge is 2.08. The van der Waals surface area contributed by atoms with Crippen molar-refractivity contribution in [3.63, 3.8) is 0 Å². The van der Waals surface area contributed by atoms with Gasteiger partial charge in [-0.15, -0.1) is 24.8 Å². The number of rotatable bonds is 2. The van der Waals surface area contributed by atoms with Crippen molar-refractivity contribution in [1.82, 2.24) is 4.98 Å². The van der Waals surface area contributed by atoms with E-state index in [1.165, 1.54) is 0 Å². The largest absolute Gasteiger partial charge is 0.503 e. The minimum Gasteiger partial charge on any atom is -0.503 e. The van der Waals surface area contributed by atoms with Crippen LogP contribution in [0, 0.1) is 0 Å². The number of pyridine rings is 1.